The summed E-state index contributed by atoms with van der Waals surface area (Å²) in [6.45, 7) is 4.66. The molecule has 0 fully saturated rings. The fourth-order valence-electron chi connectivity index (χ4n) is 3.27. The number of aryl methyl sites for hydroxylation is 1. The smallest absolute Gasteiger partial charge is 0.279 e. The highest BCUT2D eigenvalue weighted by Gasteiger charge is 2.17. The molecule has 0 bridgehead atoms. The summed E-state index contributed by atoms with van der Waals surface area (Å²) < 4.78 is 20.3. The van der Waals surface area contributed by atoms with Crippen LogP contribution in [0, 0.1) is 0 Å². The molecule has 0 N–H and O–H groups in total. The average Bonchev–Trinajstić information content (AvgIpc) is 3.12. The van der Waals surface area contributed by atoms with E-state index < -0.39 is 0 Å². The molecule has 1 aromatic heterocycles. The summed E-state index contributed by atoms with van der Waals surface area (Å²) in [5, 5.41) is 0. The predicted octanol–water partition coefficient (Wildman–Crippen LogP) is 4.76. The minimum absolute atomic E-state index is 0.262. The zero-order valence-electron chi connectivity index (χ0n) is 17.8. The van der Waals surface area contributed by atoms with Crippen molar-refractivity contribution in [2.24, 2.45) is 4.99 Å². The molecule has 0 saturated heterocycles. The van der Waals surface area contributed by atoms with Gasteiger partial charge in [-0.25, -0.2) is 0 Å². The first-order valence-electron chi connectivity index (χ1n) is 10.4. The number of hydrogen-bond acceptors (Lipinski definition) is 6. The first-order valence-corrected chi connectivity index (χ1v) is 12.6. The van der Waals surface area contributed by atoms with E-state index >= 15 is 0 Å². The van der Waals surface area contributed by atoms with Crippen molar-refractivity contribution >= 4 is 39.2 Å². The maximum Gasteiger partial charge on any atom is 0.279 e. The number of thiazole rings is 1. The molecule has 0 radical (unpaired) electrons. The van der Waals surface area contributed by atoms with Gasteiger partial charge in [-0.2, -0.15) is 16.8 Å². The Morgan fingerprint density at radius 2 is 1.94 bits per heavy atom. The van der Waals surface area contributed by atoms with Crippen LogP contribution in [-0.2, 0) is 6.54 Å². The summed E-state index contributed by atoms with van der Waals surface area (Å²) in [6.07, 6.45) is 4.17. The van der Waals surface area contributed by atoms with Crippen LogP contribution in [0.1, 0.15) is 30.1 Å². The number of carbonyl (C=O) groups is 1. The zero-order chi connectivity index (χ0) is 21.6. The van der Waals surface area contributed by atoms with Crippen molar-refractivity contribution in [3.05, 3.63) is 46.8 Å². The number of ether oxygens (including phenoxy) is 3. The molecule has 1 aliphatic rings. The van der Waals surface area contributed by atoms with Crippen LogP contribution >= 0.6 is 23.1 Å². The maximum atomic E-state index is 12.9. The molecule has 0 aliphatic carbocycles. The molecule has 31 heavy (non-hydrogen) atoms. The van der Waals surface area contributed by atoms with Crippen LogP contribution < -0.4 is 19.0 Å². The number of nitrogens with zero attached hydrogens (tertiary/aromatic N) is 2. The van der Waals surface area contributed by atoms with Crippen LogP contribution in [0.4, 0.5) is 0 Å². The van der Waals surface area contributed by atoms with Crippen molar-refractivity contribution in [3.8, 4) is 17.2 Å². The van der Waals surface area contributed by atoms with Crippen LogP contribution in [0.15, 0.2) is 41.4 Å². The van der Waals surface area contributed by atoms with E-state index in [1.54, 1.807) is 23.9 Å². The molecule has 4 rings (SSSR count). The Balaban J connectivity index is 1.66. The Labute approximate surface area is 189 Å². The number of hydrogen-bond donors (Lipinski definition) is 0. The third-order valence-electron chi connectivity index (χ3n) is 4.93. The summed E-state index contributed by atoms with van der Waals surface area (Å²) in [5.74, 6) is 2.92. The van der Waals surface area contributed by atoms with Crippen molar-refractivity contribution in [2.75, 3.05) is 31.8 Å². The van der Waals surface area contributed by atoms with Gasteiger partial charge >= 0.3 is 0 Å². The second-order valence-corrected chi connectivity index (χ2v) is 9.13. The SMILES string of the molecule is CCCCOc1ccc(C(=O)N=c2sc3cc4c(cc3n2CCSC)OCCO4)cc1. The molecule has 164 valence electrons. The zero-order valence-corrected chi connectivity index (χ0v) is 19.4. The van der Waals surface area contributed by atoms with Gasteiger partial charge < -0.3 is 18.8 Å². The fourth-order valence-corrected chi connectivity index (χ4v) is 4.70. The van der Waals surface area contributed by atoms with E-state index in [-0.39, 0.29) is 5.91 Å². The molecule has 2 aromatic carbocycles. The van der Waals surface area contributed by atoms with Crippen molar-refractivity contribution in [1.82, 2.24) is 4.57 Å². The Morgan fingerprint density at radius 1 is 1.19 bits per heavy atom. The highest BCUT2D eigenvalue weighted by molar-refractivity contribution is 7.98. The minimum atomic E-state index is -0.262. The monoisotopic (exact) mass is 458 g/mol. The number of unbranched alkanes of at least 4 members (excludes halogenated alkanes) is 1. The predicted molar refractivity (Wildman–Crippen MR) is 126 cm³/mol. The highest BCUT2D eigenvalue weighted by Crippen LogP contribution is 2.35. The lowest BCUT2D eigenvalue weighted by atomic mass is 10.2. The largest absolute Gasteiger partial charge is 0.494 e. The Morgan fingerprint density at radius 3 is 2.65 bits per heavy atom. The van der Waals surface area contributed by atoms with E-state index in [1.165, 1.54) is 11.3 Å². The maximum absolute atomic E-state index is 12.9. The molecule has 3 aromatic rings. The topological polar surface area (TPSA) is 62.0 Å². The summed E-state index contributed by atoms with van der Waals surface area (Å²) in [4.78, 5) is 18.0. The lowest BCUT2D eigenvalue weighted by molar-refractivity contribution is 0.0998. The molecule has 1 aliphatic heterocycles. The van der Waals surface area contributed by atoms with Gasteiger partial charge in [0.05, 0.1) is 16.8 Å². The van der Waals surface area contributed by atoms with Gasteiger partial charge in [0.25, 0.3) is 5.91 Å². The van der Waals surface area contributed by atoms with Crippen molar-refractivity contribution in [1.29, 1.82) is 0 Å². The Bertz CT molecular complexity index is 1120. The first-order chi connectivity index (χ1) is 15.2. The number of amides is 1. The van der Waals surface area contributed by atoms with Crippen molar-refractivity contribution < 1.29 is 19.0 Å². The molecule has 0 spiro atoms. The average molecular weight is 459 g/mol. The lowest BCUT2D eigenvalue weighted by Gasteiger charge is -2.18. The number of aromatic nitrogens is 1. The van der Waals surface area contributed by atoms with Gasteiger partial charge in [-0.15, -0.1) is 0 Å². The molecule has 8 heteroatoms. The molecule has 0 unspecified atom stereocenters. The molecule has 2 heterocycles. The van der Waals surface area contributed by atoms with Crippen LogP contribution in [0.5, 0.6) is 17.2 Å². The Hall–Kier alpha value is -2.45. The van der Waals surface area contributed by atoms with E-state index in [9.17, 15) is 4.79 Å². The van der Waals surface area contributed by atoms with Crippen molar-refractivity contribution in [3.63, 3.8) is 0 Å². The number of benzene rings is 2. The van der Waals surface area contributed by atoms with Gasteiger partial charge in [0.2, 0.25) is 0 Å². The van der Waals surface area contributed by atoms with Gasteiger partial charge in [-0.05, 0) is 36.9 Å². The number of rotatable bonds is 8. The highest BCUT2D eigenvalue weighted by atomic mass is 32.2. The lowest BCUT2D eigenvalue weighted by Crippen LogP contribution is -2.18. The summed E-state index contributed by atoms with van der Waals surface area (Å²) in [6, 6.07) is 11.2. The fraction of sp³-hybridized carbons (Fsp3) is 0.391. The van der Waals surface area contributed by atoms with Crippen LogP contribution in [0.3, 0.4) is 0 Å². The number of thioether (sulfide) groups is 1. The molecule has 1 amide bonds. The molecule has 0 atom stereocenters. The molecule has 6 nitrogen and oxygen atoms in total. The first kappa shape index (κ1) is 21.8. The molecule has 0 saturated carbocycles. The van der Waals surface area contributed by atoms with Crippen LogP contribution in [0.2, 0.25) is 0 Å². The number of carbonyl (C=O) groups excluding carboxylic acids is 1. The van der Waals surface area contributed by atoms with Crippen molar-refractivity contribution in [2.45, 2.75) is 26.3 Å². The number of fused-ring (bicyclic) bond motifs is 2. The Kier molecular flexibility index (Phi) is 7.19. The van der Waals surface area contributed by atoms with E-state index in [0.29, 0.717) is 30.2 Å². The standard InChI is InChI=1S/C23H26N2O4S2/c1-3-4-10-27-17-7-5-16(6-8-17)22(26)24-23-25(9-13-30-2)18-14-19-20(15-21(18)31-23)29-12-11-28-19/h5-8,14-15H,3-4,9-13H2,1-2H3. The normalized spacial score (nSPS) is 13.5. The summed E-state index contributed by atoms with van der Waals surface area (Å²) in [7, 11) is 0. The van der Waals surface area contributed by atoms with E-state index in [0.717, 1.165) is 52.6 Å². The van der Waals surface area contributed by atoms with E-state index in [1.807, 2.05) is 24.3 Å². The van der Waals surface area contributed by atoms with E-state index in [4.69, 9.17) is 14.2 Å². The summed E-state index contributed by atoms with van der Waals surface area (Å²) >= 11 is 3.25. The van der Waals surface area contributed by atoms with Crippen LogP contribution in [-0.4, -0.2) is 42.3 Å². The van der Waals surface area contributed by atoms with E-state index in [2.05, 4.69) is 22.7 Å². The summed E-state index contributed by atoms with van der Waals surface area (Å²) in [5.41, 5.74) is 1.55. The minimum Gasteiger partial charge on any atom is -0.494 e. The van der Waals surface area contributed by atoms with Gasteiger partial charge in [0.15, 0.2) is 16.3 Å². The molecular weight excluding hydrogens is 432 g/mol. The third-order valence-corrected chi connectivity index (χ3v) is 6.56. The second-order valence-electron chi connectivity index (χ2n) is 7.14. The molecular formula is C23H26N2O4S2. The van der Waals surface area contributed by atoms with Gasteiger partial charge in [-0.1, -0.05) is 24.7 Å². The third kappa shape index (κ3) is 5.07. The van der Waals surface area contributed by atoms with Gasteiger partial charge in [0.1, 0.15) is 19.0 Å². The van der Waals surface area contributed by atoms with Gasteiger partial charge in [-0.3, -0.25) is 4.79 Å². The second kappa shape index (κ2) is 10.2. The quantitative estimate of drug-likeness (QED) is 0.456. The van der Waals surface area contributed by atoms with Crippen LogP contribution in [0.25, 0.3) is 10.2 Å². The van der Waals surface area contributed by atoms with Gasteiger partial charge in [0, 0.05) is 30.0 Å².